The highest BCUT2D eigenvalue weighted by Crippen LogP contribution is 2.12. The topological polar surface area (TPSA) is 99.1 Å². The van der Waals surface area contributed by atoms with Gasteiger partial charge in [0.2, 0.25) is 11.8 Å². The van der Waals surface area contributed by atoms with E-state index in [-0.39, 0.29) is 6.42 Å². The molecule has 2 atom stereocenters. The summed E-state index contributed by atoms with van der Waals surface area (Å²) in [5.74, 6) is -0.872. The van der Waals surface area contributed by atoms with E-state index in [1.165, 1.54) is 11.9 Å². The molecule has 0 unspecified atom stereocenters. The van der Waals surface area contributed by atoms with Crippen LogP contribution >= 0.6 is 0 Å². The molecule has 2 amide bonds. The quantitative estimate of drug-likeness (QED) is 0.357. The summed E-state index contributed by atoms with van der Waals surface area (Å²) in [7, 11) is -0.548. The number of benzene rings is 1. The van der Waals surface area contributed by atoms with Gasteiger partial charge in [0, 0.05) is 13.5 Å². The molecule has 0 bridgehead atoms. The zero-order valence-corrected chi connectivity index (χ0v) is 15.0. The van der Waals surface area contributed by atoms with Crippen molar-refractivity contribution in [1.29, 1.82) is 0 Å². The van der Waals surface area contributed by atoms with Crippen LogP contribution in [-0.2, 0) is 20.7 Å². The first-order valence-electron chi connectivity index (χ1n) is 7.93. The fourth-order valence-electron chi connectivity index (χ4n) is 2.21. The van der Waals surface area contributed by atoms with Crippen molar-refractivity contribution >= 4 is 19.1 Å². The van der Waals surface area contributed by atoms with Crippen LogP contribution in [-0.4, -0.2) is 53.4 Å². The van der Waals surface area contributed by atoms with Crippen LogP contribution in [0.3, 0.4) is 0 Å². The summed E-state index contributed by atoms with van der Waals surface area (Å²) in [5.41, 5.74) is 3.08. The molecule has 25 heavy (non-hydrogen) atoms. The molecule has 0 aliphatic rings. The van der Waals surface area contributed by atoms with Gasteiger partial charge in [-0.15, -0.1) is 0 Å². The first-order valence-corrected chi connectivity index (χ1v) is 7.93. The molecule has 136 valence electrons. The van der Waals surface area contributed by atoms with Crippen LogP contribution in [0.2, 0.25) is 0 Å². The molecular weight excluding hydrogens is 323 g/mol. The molecule has 0 saturated carbocycles. The molecule has 0 saturated heterocycles. The van der Waals surface area contributed by atoms with Crippen LogP contribution in [0.25, 0.3) is 0 Å². The normalized spacial score (nSPS) is 12.9. The highest BCUT2D eigenvalue weighted by molar-refractivity contribution is 6.32. The second-order valence-electron chi connectivity index (χ2n) is 5.91. The van der Waals surface area contributed by atoms with Crippen LogP contribution < -0.4 is 5.32 Å². The van der Waals surface area contributed by atoms with E-state index in [1.54, 1.807) is 6.92 Å². The molecular formula is C17H25BN2O5. The van der Waals surface area contributed by atoms with Gasteiger partial charge < -0.3 is 24.9 Å². The van der Waals surface area contributed by atoms with Gasteiger partial charge in [0.1, 0.15) is 12.3 Å². The SMILES string of the molecule is C=CC(=O)N(C)[C@@H](C)C(=O)N[C@@H](Cc1ccc(C)c(C)c1)OB(O)O. The maximum atomic E-state index is 12.3. The fraction of sp³-hybridized carbons (Fsp3) is 0.412. The first-order chi connectivity index (χ1) is 11.6. The molecule has 0 spiro atoms. The molecule has 0 radical (unpaired) electrons. The van der Waals surface area contributed by atoms with E-state index in [0.717, 1.165) is 22.8 Å². The average Bonchev–Trinajstić information content (AvgIpc) is 2.55. The predicted molar refractivity (Wildman–Crippen MR) is 95.3 cm³/mol. The molecule has 0 aliphatic carbocycles. The fourth-order valence-corrected chi connectivity index (χ4v) is 2.21. The minimum absolute atomic E-state index is 0.246. The molecule has 1 aromatic rings. The van der Waals surface area contributed by atoms with E-state index < -0.39 is 31.4 Å². The van der Waals surface area contributed by atoms with E-state index in [9.17, 15) is 9.59 Å². The Morgan fingerprint density at radius 3 is 2.52 bits per heavy atom. The van der Waals surface area contributed by atoms with Gasteiger partial charge >= 0.3 is 7.32 Å². The number of carbonyl (C=O) groups excluding carboxylic acids is 2. The number of hydrogen-bond donors (Lipinski definition) is 3. The van der Waals surface area contributed by atoms with Crippen LogP contribution in [0.4, 0.5) is 0 Å². The summed E-state index contributed by atoms with van der Waals surface area (Å²) in [6.07, 6.45) is 0.407. The van der Waals surface area contributed by atoms with Crippen molar-refractivity contribution in [3.63, 3.8) is 0 Å². The number of carbonyl (C=O) groups is 2. The Morgan fingerprint density at radius 1 is 1.36 bits per heavy atom. The minimum Gasteiger partial charge on any atom is -0.402 e. The molecule has 0 aromatic heterocycles. The number of nitrogens with one attached hydrogen (secondary N) is 1. The van der Waals surface area contributed by atoms with Gasteiger partial charge in [-0.3, -0.25) is 9.59 Å². The summed E-state index contributed by atoms with van der Waals surface area (Å²) in [6, 6.07) is 4.99. The highest BCUT2D eigenvalue weighted by Gasteiger charge is 2.26. The zero-order valence-electron chi connectivity index (χ0n) is 15.0. The standard InChI is InChI=1S/C17H25BN2O5/c1-6-16(21)20(5)13(4)17(22)19-15(25-18(23)24)10-14-8-7-11(2)12(3)9-14/h6-9,13,15,23-24H,1,10H2,2-5H3,(H,19,22)/t13-,15+/m0/s1. The van der Waals surface area contributed by atoms with Gasteiger partial charge in [-0.25, -0.2) is 0 Å². The third-order valence-electron chi connectivity index (χ3n) is 4.06. The van der Waals surface area contributed by atoms with Crippen molar-refractivity contribution in [3.8, 4) is 0 Å². The van der Waals surface area contributed by atoms with Crippen molar-refractivity contribution in [2.75, 3.05) is 7.05 Å². The monoisotopic (exact) mass is 348 g/mol. The number of aryl methyl sites for hydroxylation is 2. The number of amides is 2. The second kappa shape index (κ2) is 9.36. The predicted octanol–water partition coefficient (Wildman–Crippen LogP) is 0.307. The van der Waals surface area contributed by atoms with Crippen molar-refractivity contribution in [1.82, 2.24) is 10.2 Å². The summed E-state index contributed by atoms with van der Waals surface area (Å²) >= 11 is 0. The maximum Gasteiger partial charge on any atom is 0.635 e. The van der Waals surface area contributed by atoms with Gasteiger partial charge in [-0.05, 0) is 43.5 Å². The van der Waals surface area contributed by atoms with E-state index >= 15 is 0 Å². The Morgan fingerprint density at radius 2 is 2.00 bits per heavy atom. The lowest BCUT2D eigenvalue weighted by Gasteiger charge is -2.26. The smallest absolute Gasteiger partial charge is 0.402 e. The zero-order chi connectivity index (χ0) is 19.1. The van der Waals surface area contributed by atoms with Gasteiger partial charge in [0.15, 0.2) is 0 Å². The lowest BCUT2D eigenvalue weighted by atomic mass is 10.0. The van der Waals surface area contributed by atoms with E-state index in [2.05, 4.69) is 11.9 Å². The molecule has 7 nitrogen and oxygen atoms in total. The summed E-state index contributed by atoms with van der Waals surface area (Å²) in [4.78, 5) is 25.2. The average molecular weight is 348 g/mol. The summed E-state index contributed by atoms with van der Waals surface area (Å²) in [5, 5.41) is 20.8. The highest BCUT2D eigenvalue weighted by atomic mass is 16.6. The molecule has 1 rings (SSSR count). The minimum atomic E-state index is -2.03. The molecule has 1 aromatic carbocycles. The van der Waals surface area contributed by atoms with Crippen molar-refractivity contribution in [2.45, 2.75) is 39.5 Å². The first kappa shape index (κ1) is 20.9. The summed E-state index contributed by atoms with van der Waals surface area (Å²) < 4.78 is 4.97. The van der Waals surface area contributed by atoms with Gasteiger partial charge in [-0.2, -0.15) is 0 Å². The van der Waals surface area contributed by atoms with Crippen LogP contribution in [0.1, 0.15) is 23.6 Å². The van der Waals surface area contributed by atoms with Crippen molar-refractivity contribution in [2.24, 2.45) is 0 Å². The lowest BCUT2D eigenvalue weighted by molar-refractivity contribution is -0.136. The van der Waals surface area contributed by atoms with Crippen molar-refractivity contribution in [3.05, 3.63) is 47.5 Å². The van der Waals surface area contributed by atoms with E-state index in [0.29, 0.717) is 0 Å². The Kier molecular flexibility index (Phi) is 7.82. The number of rotatable bonds is 8. The van der Waals surface area contributed by atoms with Crippen LogP contribution in [0.5, 0.6) is 0 Å². The van der Waals surface area contributed by atoms with E-state index in [4.69, 9.17) is 14.7 Å². The van der Waals surface area contributed by atoms with Gasteiger partial charge in [-0.1, -0.05) is 24.8 Å². The number of hydrogen-bond acceptors (Lipinski definition) is 5. The third kappa shape index (κ3) is 6.34. The van der Waals surface area contributed by atoms with Crippen molar-refractivity contribution < 1.29 is 24.3 Å². The van der Waals surface area contributed by atoms with Crippen LogP contribution in [0, 0.1) is 13.8 Å². The van der Waals surface area contributed by atoms with Gasteiger partial charge in [0.25, 0.3) is 0 Å². The molecule has 0 heterocycles. The molecule has 3 N–H and O–H groups in total. The number of nitrogens with zero attached hydrogens (tertiary/aromatic N) is 1. The second-order valence-corrected chi connectivity index (χ2v) is 5.91. The third-order valence-corrected chi connectivity index (χ3v) is 4.06. The Hall–Kier alpha value is -2.16. The Bertz CT molecular complexity index is 635. The number of likely N-dealkylation sites (N-methyl/N-ethyl adjacent to an activating group) is 1. The van der Waals surface area contributed by atoms with Gasteiger partial charge in [0.05, 0.1) is 0 Å². The maximum absolute atomic E-state index is 12.3. The summed E-state index contributed by atoms with van der Waals surface area (Å²) in [6.45, 7) is 8.89. The molecule has 8 heteroatoms. The molecule has 0 aliphatic heterocycles. The molecule has 0 fully saturated rings. The Balaban J connectivity index is 2.84. The largest absolute Gasteiger partial charge is 0.635 e. The Labute approximate surface area is 148 Å². The van der Waals surface area contributed by atoms with E-state index in [1.807, 2.05) is 32.0 Å². The van der Waals surface area contributed by atoms with Crippen LogP contribution in [0.15, 0.2) is 30.9 Å². The lowest BCUT2D eigenvalue weighted by Crippen LogP contribution is -2.51.